The lowest BCUT2D eigenvalue weighted by Gasteiger charge is -2.09. The van der Waals surface area contributed by atoms with Gasteiger partial charge >= 0.3 is 5.97 Å². The Morgan fingerprint density at radius 3 is 2.59 bits per heavy atom. The van der Waals surface area contributed by atoms with Gasteiger partial charge in [0, 0.05) is 0 Å². The largest absolute Gasteiger partial charge is 0.463 e. The zero-order valence-corrected chi connectivity index (χ0v) is 10.2. The molecule has 1 aromatic carbocycles. The summed E-state index contributed by atoms with van der Waals surface area (Å²) in [5, 5.41) is 9.61. The van der Waals surface area contributed by atoms with E-state index in [9.17, 15) is 9.90 Å². The van der Waals surface area contributed by atoms with Crippen LogP contribution in [0.3, 0.4) is 0 Å². The summed E-state index contributed by atoms with van der Waals surface area (Å²) >= 11 is 0. The lowest BCUT2D eigenvalue weighted by Crippen LogP contribution is -2.17. The standard InChI is InChI=1S/C14H18O3/c1-11(2)17-14(16)10-13(15)9-8-12-6-4-3-5-7-12/h3-9,11,13,15H,10H2,1-2H3/b9-8+. The molecule has 1 N–H and O–H groups in total. The van der Waals surface area contributed by atoms with Crippen molar-refractivity contribution in [3.8, 4) is 0 Å². The molecule has 0 saturated carbocycles. The van der Waals surface area contributed by atoms with Gasteiger partial charge in [-0.1, -0.05) is 42.5 Å². The van der Waals surface area contributed by atoms with Gasteiger partial charge in [0.15, 0.2) is 0 Å². The van der Waals surface area contributed by atoms with E-state index in [4.69, 9.17) is 4.74 Å². The van der Waals surface area contributed by atoms with E-state index < -0.39 is 6.10 Å². The van der Waals surface area contributed by atoms with Crippen molar-refractivity contribution >= 4 is 12.0 Å². The third-order valence-electron chi connectivity index (χ3n) is 2.05. The highest BCUT2D eigenvalue weighted by molar-refractivity contribution is 5.70. The monoisotopic (exact) mass is 234 g/mol. The van der Waals surface area contributed by atoms with Gasteiger partial charge < -0.3 is 9.84 Å². The van der Waals surface area contributed by atoms with E-state index in [-0.39, 0.29) is 18.5 Å². The van der Waals surface area contributed by atoms with Crippen molar-refractivity contribution in [1.29, 1.82) is 0 Å². The topological polar surface area (TPSA) is 46.5 Å². The number of carbonyl (C=O) groups is 1. The van der Waals surface area contributed by atoms with Crippen LogP contribution in [0.4, 0.5) is 0 Å². The molecule has 0 bridgehead atoms. The molecule has 0 amide bonds. The SMILES string of the molecule is CC(C)OC(=O)CC(O)/C=C/c1ccccc1. The van der Waals surface area contributed by atoms with Crippen molar-refractivity contribution < 1.29 is 14.6 Å². The van der Waals surface area contributed by atoms with Gasteiger partial charge in [0.05, 0.1) is 18.6 Å². The molecule has 0 aliphatic rings. The van der Waals surface area contributed by atoms with Crippen LogP contribution in [0.5, 0.6) is 0 Å². The summed E-state index contributed by atoms with van der Waals surface area (Å²) in [5.74, 6) is -0.384. The van der Waals surface area contributed by atoms with E-state index in [2.05, 4.69) is 0 Å². The molecule has 1 rings (SSSR count). The second kappa shape index (κ2) is 6.86. The Morgan fingerprint density at radius 2 is 2.00 bits per heavy atom. The summed E-state index contributed by atoms with van der Waals surface area (Å²) in [7, 11) is 0. The fraction of sp³-hybridized carbons (Fsp3) is 0.357. The molecule has 1 atom stereocenters. The first-order valence-electron chi connectivity index (χ1n) is 5.68. The zero-order valence-electron chi connectivity index (χ0n) is 10.2. The van der Waals surface area contributed by atoms with E-state index in [1.54, 1.807) is 26.0 Å². The molecule has 17 heavy (non-hydrogen) atoms. The molecule has 0 heterocycles. The normalized spacial score (nSPS) is 12.9. The van der Waals surface area contributed by atoms with Gasteiger partial charge in [0.1, 0.15) is 0 Å². The lowest BCUT2D eigenvalue weighted by molar-refractivity contribution is -0.148. The van der Waals surface area contributed by atoms with Crippen LogP contribution in [-0.4, -0.2) is 23.3 Å². The second-order valence-corrected chi connectivity index (χ2v) is 4.08. The van der Waals surface area contributed by atoms with Gasteiger partial charge in [0.25, 0.3) is 0 Å². The first kappa shape index (κ1) is 13.5. The van der Waals surface area contributed by atoms with Gasteiger partial charge in [-0.15, -0.1) is 0 Å². The number of carbonyl (C=O) groups excluding carboxylic acids is 1. The summed E-state index contributed by atoms with van der Waals surface area (Å²) in [6.07, 6.45) is 2.42. The molecule has 0 aliphatic carbocycles. The minimum absolute atomic E-state index is 0.0124. The van der Waals surface area contributed by atoms with Gasteiger partial charge in [-0.05, 0) is 19.4 Å². The summed E-state index contributed by atoms with van der Waals surface area (Å²) in [6.45, 7) is 3.56. The van der Waals surface area contributed by atoms with Crippen molar-refractivity contribution in [2.75, 3.05) is 0 Å². The fourth-order valence-electron chi connectivity index (χ4n) is 1.34. The predicted molar refractivity (Wildman–Crippen MR) is 67.3 cm³/mol. The highest BCUT2D eigenvalue weighted by Gasteiger charge is 2.10. The van der Waals surface area contributed by atoms with Crippen LogP contribution >= 0.6 is 0 Å². The van der Waals surface area contributed by atoms with E-state index in [0.717, 1.165) is 5.56 Å². The Kier molecular flexibility index (Phi) is 5.43. The number of rotatable bonds is 5. The molecular weight excluding hydrogens is 216 g/mol. The van der Waals surface area contributed by atoms with Crippen molar-refractivity contribution in [2.45, 2.75) is 32.5 Å². The molecule has 1 aromatic rings. The van der Waals surface area contributed by atoms with Crippen LogP contribution in [0, 0.1) is 0 Å². The molecule has 0 aliphatic heterocycles. The average Bonchev–Trinajstić information content (AvgIpc) is 2.26. The molecule has 0 spiro atoms. The maximum absolute atomic E-state index is 11.3. The Bertz CT molecular complexity index is 368. The van der Waals surface area contributed by atoms with Crippen LogP contribution in [-0.2, 0) is 9.53 Å². The molecule has 1 unspecified atom stereocenters. The van der Waals surface area contributed by atoms with Crippen molar-refractivity contribution in [2.24, 2.45) is 0 Å². The van der Waals surface area contributed by atoms with E-state index in [1.807, 2.05) is 30.3 Å². The second-order valence-electron chi connectivity index (χ2n) is 4.08. The van der Waals surface area contributed by atoms with Crippen molar-refractivity contribution in [3.05, 3.63) is 42.0 Å². The number of hydrogen-bond donors (Lipinski definition) is 1. The Hall–Kier alpha value is -1.61. The van der Waals surface area contributed by atoms with Gasteiger partial charge in [-0.2, -0.15) is 0 Å². The summed E-state index contributed by atoms with van der Waals surface area (Å²) < 4.78 is 4.94. The van der Waals surface area contributed by atoms with Crippen molar-refractivity contribution in [1.82, 2.24) is 0 Å². The number of benzene rings is 1. The predicted octanol–water partition coefficient (Wildman–Crippen LogP) is 2.40. The van der Waals surface area contributed by atoms with Crippen LogP contribution < -0.4 is 0 Å². The summed E-state index contributed by atoms with van der Waals surface area (Å²) in [6, 6.07) is 9.61. The fourth-order valence-corrected chi connectivity index (χ4v) is 1.34. The first-order valence-corrected chi connectivity index (χ1v) is 5.68. The van der Waals surface area contributed by atoms with Gasteiger partial charge in [-0.25, -0.2) is 0 Å². The Balaban J connectivity index is 2.42. The molecule has 0 saturated heterocycles. The Morgan fingerprint density at radius 1 is 1.35 bits per heavy atom. The lowest BCUT2D eigenvalue weighted by atomic mass is 10.1. The Labute approximate surface area is 102 Å². The van der Waals surface area contributed by atoms with E-state index >= 15 is 0 Å². The molecule has 0 radical (unpaired) electrons. The molecule has 3 nitrogen and oxygen atoms in total. The number of ether oxygens (including phenoxy) is 1. The van der Waals surface area contributed by atoms with E-state index in [1.165, 1.54) is 0 Å². The molecular formula is C14H18O3. The highest BCUT2D eigenvalue weighted by atomic mass is 16.5. The third kappa shape index (κ3) is 5.88. The number of aliphatic hydroxyl groups is 1. The van der Waals surface area contributed by atoms with Crippen LogP contribution in [0.1, 0.15) is 25.8 Å². The molecule has 92 valence electrons. The first-order chi connectivity index (χ1) is 8.08. The van der Waals surface area contributed by atoms with Crippen LogP contribution in [0.25, 0.3) is 6.08 Å². The third-order valence-corrected chi connectivity index (χ3v) is 2.05. The quantitative estimate of drug-likeness (QED) is 0.796. The molecule has 3 heteroatoms. The highest BCUT2D eigenvalue weighted by Crippen LogP contribution is 2.05. The van der Waals surface area contributed by atoms with Crippen LogP contribution in [0.2, 0.25) is 0 Å². The number of hydrogen-bond acceptors (Lipinski definition) is 3. The average molecular weight is 234 g/mol. The number of aliphatic hydroxyl groups excluding tert-OH is 1. The maximum atomic E-state index is 11.3. The number of esters is 1. The molecule has 0 aromatic heterocycles. The van der Waals surface area contributed by atoms with Gasteiger partial charge in [0.2, 0.25) is 0 Å². The van der Waals surface area contributed by atoms with Crippen molar-refractivity contribution in [3.63, 3.8) is 0 Å². The van der Waals surface area contributed by atoms with E-state index in [0.29, 0.717) is 0 Å². The van der Waals surface area contributed by atoms with Gasteiger partial charge in [-0.3, -0.25) is 4.79 Å². The zero-order chi connectivity index (χ0) is 12.7. The summed E-state index contributed by atoms with van der Waals surface area (Å²) in [4.78, 5) is 11.3. The maximum Gasteiger partial charge on any atom is 0.309 e. The minimum atomic E-state index is -0.804. The summed E-state index contributed by atoms with van der Waals surface area (Å²) in [5.41, 5.74) is 0.990. The minimum Gasteiger partial charge on any atom is -0.463 e. The smallest absolute Gasteiger partial charge is 0.309 e. The molecule has 0 fully saturated rings. The van der Waals surface area contributed by atoms with Crippen LogP contribution in [0.15, 0.2) is 36.4 Å².